The number of benzene rings is 1. The lowest BCUT2D eigenvalue weighted by atomic mass is 10.1. The van der Waals surface area contributed by atoms with Crippen molar-refractivity contribution in [3.8, 4) is 11.3 Å². The van der Waals surface area contributed by atoms with Crippen molar-refractivity contribution in [3.05, 3.63) is 59.9 Å². The van der Waals surface area contributed by atoms with Crippen LogP contribution in [0.3, 0.4) is 0 Å². The summed E-state index contributed by atoms with van der Waals surface area (Å²) in [6.07, 6.45) is 5.82. The highest BCUT2D eigenvalue weighted by molar-refractivity contribution is 7.21. The molecule has 1 aliphatic carbocycles. The van der Waals surface area contributed by atoms with Crippen molar-refractivity contribution in [3.63, 3.8) is 0 Å². The van der Waals surface area contributed by atoms with E-state index in [0.29, 0.717) is 38.0 Å². The molecule has 4 aromatic rings. The molecule has 170 valence electrons. The number of nitrogens with one attached hydrogen (secondary N) is 2. The van der Waals surface area contributed by atoms with Crippen LogP contribution in [0.25, 0.3) is 21.5 Å². The molecule has 0 bridgehead atoms. The molecule has 1 aliphatic heterocycles. The number of carbonyl (C=O) groups excluding carboxylic acids is 2. The number of carbonyl (C=O) groups is 2. The number of hydrogen-bond acceptors (Lipinski definition) is 7. The highest BCUT2D eigenvalue weighted by atomic mass is 32.1. The third-order valence-electron chi connectivity index (χ3n) is 6.29. The molecule has 2 atom stereocenters. The van der Waals surface area contributed by atoms with Gasteiger partial charge in [0.15, 0.2) is 0 Å². The number of thiophene rings is 1. The summed E-state index contributed by atoms with van der Waals surface area (Å²) < 4.78 is 0. The topological polar surface area (TPSA) is 126 Å². The standard InChI is InChI=1S/C24H21N7O2S/c25-14-7-4-8-15(14)29-22(32)21-20-19-17(9-10-26-23(19)34-21)31(24(33)30-20)18-11-16(27-12-28-18)13-5-2-1-3-6-13/h1-3,5-6,9-12,14-15H,4,7-8,25H2,(H,29,32)(H,30,33)/t14-,15+/m0/s1. The molecule has 0 spiro atoms. The predicted molar refractivity (Wildman–Crippen MR) is 131 cm³/mol. The van der Waals surface area contributed by atoms with E-state index in [-0.39, 0.29) is 18.0 Å². The lowest BCUT2D eigenvalue weighted by Gasteiger charge is -2.27. The van der Waals surface area contributed by atoms with Gasteiger partial charge in [0.25, 0.3) is 5.91 Å². The minimum atomic E-state index is -0.400. The first kappa shape index (κ1) is 20.7. The van der Waals surface area contributed by atoms with Gasteiger partial charge in [-0.25, -0.2) is 24.6 Å². The maximum Gasteiger partial charge on any atom is 0.332 e. The van der Waals surface area contributed by atoms with Gasteiger partial charge < -0.3 is 16.4 Å². The van der Waals surface area contributed by atoms with Gasteiger partial charge in [0.05, 0.1) is 22.5 Å². The molecule has 4 heterocycles. The van der Waals surface area contributed by atoms with Gasteiger partial charge in [-0.1, -0.05) is 30.3 Å². The van der Waals surface area contributed by atoms with Crippen LogP contribution in [0, 0.1) is 0 Å². The second-order valence-corrected chi connectivity index (χ2v) is 9.38. The second-order valence-electron chi connectivity index (χ2n) is 8.38. The summed E-state index contributed by atoms with van der Waals surface area (Å²) in [6, 6.07) is 12.7. The molecule has 1 fully saturated rings. The van der Waals surface area contributed by atoms with Gasteiger partial charge in [0.2, 0.25) is 0 Å². The zero-order chi connectivity index (χ0) is 23.2. The van der Waals surface area contributed by atoms with Gasteiger partial charge in [0.1, 0.15) is 21.9 Å². The quantitative estimate of drug-likeness (QED) is 0.412. The van der Waals surface area contributed by atoms with E-state index >= 15 is 0 Å². The van der Waals surface area contributed by atoms with Crippen LogP contribution in [-0.2, 0) is 0 Å². The number of nitrogens with zero attached hydrogens (tertiary/aromatic N) is 4. The lowest BCUT2D eigenvalue weighted by Crippen LogP contribution is -2.44. The Balaban J connectivity index is 1.41. The highest BCUT2D eigenvalue weighted by Crippen LogP contribution is 2.45. The molecule has 3 amide bonds. The maximum absolute atomic E-state index is 13.3. The number of urea groups is 1. The Morgan fingerprint density at radius 3 is 2.79 bits per heavy atom. The Morgan fingerprint density at radius 1 is 1.15 bits per heavy atom. The zero-order valence-electron chi connectivity index (χ0n) is 18.1. The summed E-state index contributed by atoms with van der Waals surface area (Å²) in [5.41, 5.74) is 8.85. The summed E-state index contributed by atoms with van der Waals surface area (Å²) in [4.78, 5) is 42.2. The molecule has 6 rings (SSSR count). The van der Waals surface area contributed by atoms with E-state index in [1.54, 1.807) is 18.3 Å². The van der Waals surface area contributed by atoms with Crippen molar-refractivity contribution in [1.82, 2.24) is 20.3 Å². The van der Waals surface area contributed by atoms with Crippen molar-refractivity contribution < 1.29 is 9.59 Å². The number of hydrogen-bond donors (Lipinski definition) is 3. The SMILES string of the molecule is N[C@H]1CCC[C@H]1NC(=O)c1sc2nccc3c2c1NC(=O)N3c1cc(-c2ccccc2)ncn1. The molecule has 10 heteroatoms. The number of rotatable bonds is 4. The summed E-state index contributed by atoms with van der Waals surface area (Å²) >= 11 is 1.26. The molecule has 1 saturated carbocycles. The van der Waals surface area contributed by atoms with Crippen LogP contribution in [0.1, 0.15) is 28.9 Å². The fourth-order valence-corrected chi connectivity index (χ4v) is 5.63. The summed E-state index contributed by atoms with van der Waals surface area (Å²) in [5.74, 6) is 0.187. The van der Waals surface area contributed by atoms with E-state index in [1.807, 2.05) is 30.3 Å². The number of nitrogens with two attached hydrogens (primary N) is 1. The van der Waals surface area contributed by atoms with Crippen LogP contribution in [0.4, 0.5) is 22.0 Å². The molecule has 0 saturated heterocycles. The molecule has 2 aliphatic rings. The smallest absolute Gasteiger partial charge is 0.332 e. The Hall–Kier alpha value is -3.89. The minimum absolute atomic E-state index is 0.0509. The Bertz CT molecular complexity index is 1420. The van der Waals surface area contributed by atoms with Crippen molar-refractivity contribution in [1.29, 1.82) is 0 Å². The largest absolute Gasteiger partial charge is 0.347 e. The van der Waals surface area contributed by atoms with Crippen LogP contribution >= 0.6 is 11.3 Å². The Labute approximate surface area is 199 Å². The minimum Gasteiger partial charge on any atom is -0.347 e. The van der Waals surface area contributed by atoms with E-state index < -0.39 is 6.03 Å². The van der Waals surface area contributed by atoms with Crippen LogP contribution in [0.2, 0.25) is 0 Å². The molecule has 0 unspecified atom stereocenters. The van der Waals surface area contributed by atoms with Gasteiger partial charge >= 0.3 is 6.03 Å². The number of aromatic nitrogens is 3. The number of amides is 3. The number of anilines is 3. The number of pyridine rings is 1. The van der Waals surface area contributed by atoms with E-state index in [4.69, 9.17) is 5.73 Å². The second kappa shape index (κ2) is 8.15. The van der Waals surface area contributed by atoms with Gasteiger partial charge in [-0.05, 0) is 25.3 Å². The van der Waals surface area contributed by atoms with Gasteiger partial charge in [0, 0.05) is 29.9 Å². The molecule has 9 nitrogen and oxygen atoms in total. The molecule has 1 aromatic carbocycles. The zero-order valence-corrected chi connectivity index (χ0v) is 18.9. The average Bonchev–Trinajstić information content (AvgIpc) is 3.44. The third-order valence-corrected chi connectivity index (χ3v) is 7.39. The van der Waals surface area contributed by atoms with Gasteiger partial charge in [-0.2, -0.15) is 0 Å². The maximum atomic E-state index is 13.3. The Kier molecular flexibility index (Phi) is 4.96. The molecule has 3 aromatic heterocycles. The average molecular weight is 472 g/mol. The van der Waals surface area contributed by atoms with Gasteiger partial charge in [-0.3, -0.25) is 4.79 Å². The van der Waals surface area contributed by atoms with Crippen LogP contribution in [0.15, 0.2) is 55.0 Å². The van der Waals surface area contributed by atoms with Crippen LogP contribution < -0.4 is 21.3 Å². The van der Waals surface area contributed by atoms with Crippen molar-refractivity contribution in [2.24, 2.45) is 5.73 Å². The molecular weight excluding hydrogens is 450 g/mol. The van der Waals surface area contributed by atoms with E-state index in [0.717, 1.165) is 24.8 Å². The summed E-state index contributed by atoms with van der Waals surface area (Å²) in [7, 11) is 0. The van der Waals surface area contributed by atoms with Gasteiger partial charge in [-0.15, -0.1) is 11.3 Å². The highest BCUT2D eigenvalue weighted by Gasteiger charge is 2.34. The molecular formula is C24H21N7O2S. The normalized spacial score (nSPS) is 19.3. The van der Waals surface area contributed by atoms with Crippen molar-refractivity contribution in [2.75, 3.05) is 10.2 Å². The third kappa shape index (κ3) is 3.39. The van der Waals surface area contributed by atoms with Crippen LogP contribution in [0.5, 0.6) is 0 Å². The van der Waals surface area contributed by atoms with E-state index in [2.05, 4.69) is 25.6 Å². The van der Waals surface area contributed by atoms with Crippen molar-refractivity contribution in [2.45, 2.75) is 31.3 Å². The molecule has 4 N–H and O–H groups in total. The van der Waals surface area contributed by atoms with Crippen LogP contribution in [-0.4, -0.2) is 39.0 Å². The summed E-state index contributed by atoms with van der Waals surface area (Å²) in [6.45, 7) is 0. The first-order chi connectivity index (χ1) is 16.6. The summed E-state index contributed by atoms with van der Waals surface area (Å²) in [5, 5.41) is 6.66. The lowest BCUT2D eigenvalue weighted by molar-refractivity contribution is 0.0939. The fraction of sp³-hybridized carbons (Fsp3) is 0.208. The van der Waals surface area contributed by atoms with E-state index in [1.165, 1.54) is 22.6 Å². The van der Waals surface area contributed by atoms with E-state index in [9.17, 15) is 9.59 Å². The predicted octanol–water partition coefficient (Wildman–Crippen LogP) is 4.05. The Morgan fingerprint density at radius 2 is 2.00 bits per heavy atom. The van der Waals surface area contributed by atoms with Crippen molar-refractivity contribution >= 4 is 50.7 Å². The first-order valence-electron chi connectivity index (χ1n) is 11.1. The first-order valence-corrected chi connectivity index (χ1v) is 11.9. The molecule has 34 heavy (non-hydrogen) atoms. The monoisotopic (exact) mass is 471 g/mol. The molecule has 0 radical (unpaired) electrons. The fourth-order valence-electron chi connectivity index (χ4n) is 4.61.